The van der Waals surface area contributed by atoms with E-state index in [1.807, 2.05) is 19.9 Å². The highest BCUT2D eigenvalue weighted by molar-refractivity contribution is 5.93. The van der Waals surface area contributed by atoms with E-state index in [1.165, 1.54) is 6.92 Å². The van der Waals surface area contributed by atoms with Crippen molar-refractivity contribution in [3.05, 3.63) is 35.8 Å². The summed E-state index contributed by atoms with van der Waals surface area (Å²) in [6, 6.07) is 1.78. The summed E-state index contributed by atoms with van der Waals surface area (Å²) in [6.45, 7) is 5.26. The van der Waals surface area contributed by atoms with E-state index in [2.05, 4.69) is 0 Å². The van der Waals surface area contributed by atoms with Crippen molar-refractivity contribution in [2.45, 2.75) is 63.6 Å². The van der Waals surface area contributed by atoms with Gasteiger partial charge in [-0.2, -0.15) is 0 Å². The average Bonchev–Trinajstić information content (AvgIpc) is 3.29. The van der Waals surface area contributed by atoms with Gasteiger partial charge in [-0.1, -0.05) is 19.9 Å². The Bertz CT molecular complexity index is 1010. The molecular weight excluding hydrogens is 392 g/mol. The van der Waals surface area contributed by atoms with Crippen molar-refractivity contribution in [3.8, 4) is 0 Å². The summed E-state index contributed by atoms with van der Waals surface area (Å²) < 4.78 is 28.3. The normalized spacial score (nSPS) is 47.8. The molecule has 8 atom stereocenters. The lowest BCUT2D eigenvalue weighted by atomic mass is 9.43. The molecule has 4 aliphatic heterocycles. The number of esters is 3. The van der Waals surface area contributed by atoms with Crippen LogP contribution < -0.4 is 0 Å². The highest BCUT2D eigenvalue weighted by Gasteiger charge is 2.86. The molecule has 1 aromatic rings. The summed E-state index contributed by atoms with van der Waals surface area (Å²) in [5.41, 5.74) is -1.57. The van der Waals surface area contributed by atoms with Crippen molar-refractivity contribution >= 4 is 17.9 Å². The summed E-state index contributed by atoms with van der Waals surface area (Å²) >= 11 is 0. The molecule has 0 radical (unpaired) electrons. The monoisotopic (exact) mass is 414 g/mol. The van der Waals surface area contributed by atoms with E-state index in [1.54, 1.807) is 18.6 Å². The minimum Gasteiger partial charge on any atom is -0.472 e. The van der Waals surface area contributed by atoms with E-state index in [9.17, 15) is 14.4 Å². The Hall–Kier alpha value is -2.61. The van der Waals surface area contributed by atoms with E-state index in [4.69, 9.17) is 23.4 Å². The third-order valence-electron chi connectivity index (χ3n) is 7.99. The number of ether oxygens (including phenoxy) is 4. The highest BCUT2D eigenvalue weighted by atomic mass is 16.7. The second-order valence-corrected chi connectivity index (χ2v) is 9.51. The number of hydrogen-bond acceptors (Lipinski definition) is 8. The first kappa shape index (κ1) is 18.2. The van der Waals surface area contributed by atoms with Crippen LogP contribution in [0.1, 0.15) is 45.3 Å². The zero-order valence-electron chi connectivity index (χ0n) is 16.9. The Balaban J connectivity index is 1.51. The van der Waals surface area contributed by atoms with Crippen LogP contribution in [0.5, 0.6) is 0 Å². The Morgan fingerprint density at radius 1 is 1.20 bits per heavy atom. The maximum absolute atomic E-state index is 13.1. The van der Waals surface area contributed by atoms with E-state index < -0.39 is 46.7 Å². The molecule has 1 saturated carbocycles. The number of epoxide rings is 1. The summed E-state index contributed by atoms with van der Waals surface area (Å²) in [7, 11) is 0. The number of carbonyl (C=O) groups excluding carboxylic acids is 3. The van der Waals surface area contributed by atoms with Crippen molar-refractivity contribution < 1.29 is 37.7 Å². The van der Waals surface area contributed by atoms with Crippen LogP contribution in [0.25, 0.3) is 0 Å². The van der Waals surface area contributed by atoms with Crippen LogP contribution in [0.15, 0.2) is 34.7 Å². The maximum atomic E-state index is 13.1. The SMILES string of the molecule is CC(=O)O[C@]12C(=O)O[C@H]([C@@H]3O[C@@H]31)[C@H]1[C@]3(C)C[C@H](c4ccoc4)OC(=O)C3=CC[C@]12C. The Labute approximate surface area is 172 Å². The molecule has 0 aromatic carbocycles. The first-order valence-electron chi connectivity index (χ1n) is 10.2. The molecule has 8 nitrogen and oxygen atoms in total. The zero-order valence-corrected chi connectivity index (χ0v) is 16.9. The highest BCUT2D eigenvalue weighted by Crippen LogP contribution is 2.71. The van der Waals surface area contributed by atoms with Gasteiger partial charge in [0.2, 0.25) is 5.60 Å². The number of allylic oxidation sites excluding steroid dienone is 1. The van der Waals surface area contributed by atoms with Crippen molar-refractivity contribution in [3.63, 3.8) is 0 Å². The summed E-state index contributed by atoms with van der Waals surface area (Å²) in [6.07, 6.45) is 4.05. The van der Waals surface area contributed by atoms with Gasteiger partial charge >= 0.3 is 17.9 Å². The van der Waals surface area contributed by atoms with Gasteiger partial charge in [-0.3, -0.25) is 4.79 Å². The first-order valence-corrected chi connectivity index (χ1v) is 10.2. The fourth-order valence-corrected chi connectivity index (χ4v) is 6.82. The number of hydrogen-bond donors (Lipinski definition) is 0. The van der Waals surface area contributed by atoms with E-state index >= 15 is 0 Å². The van der Waals surface area contributed by atoms with Gasteiger partial charge in [-0.05, 0) is 18.9 Å². The number of carbonyl (C=O) groups is 3. The molecule has 4 saturated heterocycles. The molecule has 7 rings (SSSR count). The molecule has 6 aliphatic rings. The van der Waals surface area contributed by atoms with Crippen LogP contribution in [-0.2, 0) is 33.3 Å². The van der Waals surface area contributed by atoms with Crippen molar-refractivity contribution in [2.24, 2.45) is 16.7 Å². The fourth-order valence-electron chi connectivity index (χ4n) is 6.82. The molecule has 0 N–H and O–H groups in total. The average molecular weight is 414 g/mol. The number of cyclic esters (lactones) is 1. The topological polar surface area (TPSA) is 105 Å². The van der Waals surface area contributed by atoms with Crippen LogP contribution in [0.3, 0.4) is 0 Å². The summed E-state index contributed by atoms with van der Waals surface area (Å²) in [5, 5.41) is 0. The Morgan fingerprint density at radius 3 is 2.70 bits per heavy atom. The lowest BCUT2D eigenvalue weighted by Gasteiger charge is -2.64. The predicted molar refractivity (Wildman–Crippen MR) is 97.6 cm³/mol. The molecule has 5 fully saturated rings. The van der Waals surface area contributed by atoms with Gasteiger partial charge in [0.25, 0.3) is 0 Å². The van der Waals surface area contributed by atoms with Crippen molar-refractivity contribution in [2.75, 3.05) is 0 Å². The lowest BCUT2D eigenvalue weighted by molar-refractivity contribution is -0.265. The maximum Gasteiger partial charge on any atom is 0.354 e. The second kappa shape index (κ2) is 5.35. The number of fused-ring (bicyclic) bond motifs is 2. The largest absolute Gasteiger partial charge is 0.472 e. The molecule has 8 heteroatoms. The van der Waals surface area contributed by atoms with Crippen LogP contribution in [0.2, 0.25) is 0 Å². The predicted octanol–water partition coefficient (Wildman–Crippen LogP) is 2.23. The van der Waals surface area contributed by atoms with Crippen molar-refractivity contribution in [1.29, 1.82) is 0 Å². The van der Waals surface area contributed by atoms with E-state index in [0.717, 1.165) is 5.56 Å². The van der Waals surface area contributed by atoms with Crippen molar-refractivity contribution in [1.82, 2.24) is 0 Å². The molecule has 1 aromatic heterocycles. The molecule has 2 aliphatic carbocycles. The van der Waals surface area contributed by atoms with Gasteiger partial charge in [0.15, 0.2) is 0 Å². The Kier molecular flexibility index (Phi) is 3.24. The van der Waals surface area contributed by atoms with E-state index in [-0.39, 0.29) is 18.0 Å². The van der Waals surface area contributed by atoms with Crippen LogP contribution in [0.4, 0.5) is 0 Å². The second-order valence-electron chi connectivity index (χ2n) is 9.51. The number of furan rings is 1. The smallest absolute Gasteiger partial charge is 0.354 e. The van der Waals surface area contributed by atoms with E-state index in [0.29, 0.717) is 18.4 Å². The standard InChI is InChI=1S/C22H22O8/c1-10(23)30-22-17-15(28-17)14(29-19(22)25)16-20(2)8-13(11-5-7-26-9-11)27-18(24)12(20)4-6-21(16,22)3/h4-5,7,9,13-17H,6,8H2,1-3H3/t13-,14-,15+,16+,17+,20-,21-,22+/m1/s1. The van der Waals surface area contributed by atoms with Crippen LogP contribution in [-0.4, -0.2) is 41.8 Å². The minimum atomic E-state index is -1.51. The molecule has 2 bridgehead atoms. The van der Waals surface area contributed by atoms with Crippen LogP contribution >= 0.6 is 0 Å². The molecular formula is C22H22O8. The summed E-state index contributed by atoms with van der Waals surface area (Å²) in [4.78, 5) is 38.1. The molecule has 30 heavy (non-hydrogen) atoms. The molecule has 0 unspecified atom stereocenters. The molecule has 0 amide bonds. The first-order chi connectivity index (χ1) is 14.2. The van der Waals surface area contributed by atoms with Gasteiger partial charge in [-0.25, -0.2) is 9.59 Å². The molecule has 158 valence electrons. The Morgan fingerprint density at radius 2 is 2.00 bits per heavy atom. The van der Waals surface area contributed by atoms with Crippen LogP contribution in [0, 0.1) is 16.7 Å². The summed E-state index contributed by atoms with van der Waals surface area (Å²) in [5.74, 6) is -1.75. The van der Waals surface area contributed by atoms with Gasteiger partial charge < -0.3 is 23.4 Å². The van der Waals surface area contributed by atoms with Gasteiger partial charge in [0.1, 0.15) is 24.4 Å². The molecule has 5 heterocycles. The fraction of sp³-hybridized carbons (Fsp3) is 0.591. The minimum absolute atomic E-state index is 0.270. The number of rotatable bonds is 2. The van der Waals surface area contributed by atoms with Gasteiger partial charge in [0.05, 0.1) is 12.5 Å². The zero-order chi connectivity index (χ0) is 21.1. The van der Waals surface area contributed by atoms with Gasteiger partial charge in [0, 0.05) is 34.8 Å². The lowest BCUT2D eigenvalue weighted by Crippen LogP contribution is -2.77. The quantitative estimate of drug-likeness (QED) is 0.412. The molecule has 0 spiro atoms. The third-order valence-corrected chi connectivity index (χ3v) is 7.99. The van der Waals surface area contributed by atoms with Gasteiger partial charge in [-0.15, -0.1) is 0 Å². The third kappa shape index (κ3) is 1.89.